The van der Waals surface area contributed by atoms with Crippen molar-refractivity contribution in [3.8, 4) is 5.75 Å². The summed E-state index contributed by atoms with van der Waals surface area (Å²) in [4.78, 5) is 29.3. The summed E-state index contributed by atoms with van der Waals surface area (Å²) in [5.74, 6) is -0.301. The summed E-state index contributed by atoms with van der Waals surface area (Å²) in [6.45, 7) is 6.52. The molecule has 4 atom stereocenters. The van der Waals surface area contributed by atoms with Gasteiger partial charge in [0.25, 0.3) is 0 Å². The lowest BCUT2D eigenvalue weighted by molar-refractivity contribution is -0.143. The third-order valence-electron chi connectivity index (χ3n) is 9.48. The molecule has 1 aromatic rings. The largest absolute Gasteiger partial charge is 0.508 e. The lowest BCUT2D eigenvalue weighted by Gasteiger charge is -2.44. The van der Waals surface area contributed by atoms with Gasteiger partial charge in [-0.15, -0.1) is 0 Å². The van der Waals surface area contributed by atoms with E-state index in [4.69, 9.17) is 4.65 Å². The fraction of sp³-hybridized carbons (Fsp3) is 0.625. The van der Waals surface area contributed by atoms with Crippen molar-refractivity contribution in [2.45, 2.75) is 103 Å². The fourth-order valence-corrected chi connectivity index (χ4v) is 7.69. The molecule has 2 aliphatic heterocycles. The summed E-state index contributed by atoms with van der Waals surface area (Å²) in [6, 6.07) is 7.29. The minimum atomic E-state index is -0.932. The Bertz CT molecular complexity index is 1120. The molecule has 0 spiro atoms. The second kappa shape index (κ2) is 12.0. The highest BCUT2D eigenvalue weighted by Crippen LogP contribution is 2.52. The van der Waals surface area contributed by atoms with E-state index in [0.717, 1.165) is 56.9 Å². The zero-order chi connectivity index (χ0) is 27.7. The molecule has 39 heavy (non-hydrogen) atoms. The number of benzene rings is 1. The zero-order valence-electron chi connectivity index (χ0n) is 23.8. The summed E-state index contributed by atoms with van der Waals surface area (Å²) in [6.07, 6.45) is 11.6. The van der Waals surface area contributed by atoms with E-state index in [1.54, 1.807) is 17.0 Å². The number of phenols is 1. The van der Waals surface area contributed by atoms with Crippen molar-refractivity contribution in [3.63, 3.8) is 0 Å². The molecule has 2 aliphatic carbocycles. The lowest BCUT2D eigenvalue weighted by atomic mass is 9.57. The molecule has 3 fully saturated rings. The molecule has 5 rings (SSSR count). The van der Waals surface area contributed by atoms with Gasteiger partial charge in [-0.25, -0.2) is 0 Å². The fourth-order valence-electron chi connectivity index (χ4n) is 7.69. The topological polar surface area (TPSA) is 87.1 Å². The molecule has 6 nitrogen and oxygen atoms in total. The Morgan fingerprint density at radius 1 is 1.08 bits per heavy atom. The highest BCUT2D eigenvalue weighted by molar-refractivity contribution is 6.43. The predicted octanol–water partition coefficient (Wildman–Crippen LogP) is 6.14. The number of hydrogen-bond acceptors (Lipinski definition) is 5. The summed E-state index contributed by atoms with van der Waals surface area (Å²) in [5, 5.41) is 20.5. The number of rotatable bonds is 8. The van der Waals surface area contributed by atoms with Crippen LogP contribution in [0.25, 0.3) is 6.08 Å². The molecular weight excluding hydrogens is 489 g/mol. The summed E-state index contributed by atoms with van der Waals surface area (Å²) < 4.78 is 6.21. The number of allylic oxidation sites excluding steroid dienone is 2. The predicted molar refractivity (Wildman–Crippen MR) is 154 cm³/mol. The van der Waals surface area contributed by atoms with Crippen molar-refractivity contribution in [1.82, 2.24) is 4.90 Å². The Morgan fingerprint density at radius 3 is 2.46 bits per heavy atom. The van der Waals surface area contributed by atoms with Crippen LogP contribution < -0.4 is 0 Å². The molecule has 0 bridgehead atoms. The van der Waals surface area contributed by atoms with Crippen molar-refractivity contribution >= 4 is 25.0 Å². The van der Waals surface area contributed by atoms with E-state index in [-0.39, 0.29) is 53.4 Å². The molecule has 2 saturated heterocycles. The number of phenolic OH excluding ortho intramolecular Hbond substituents is 1. The number of aromatic hydroxyl groups is 1. The number of imide groups is 1. The molecular formula is C32H44BNO5. The quantitative estimate of drug-likeness (QED) is 0.238. The molecule has 1 saturated carbocycles. The molecule has 0 unspecified atom stereocenters. The maximum absolute atomic E-state index is 13.9. The molecule has 2 N–H and O–H groups in total. The smallest absolute Gasteiger partial charge is 0.455 e. The molecule has 0 radical (unpaired) electrons. The Labute approximate surface area is 233 Å². The second-order valence-corrected chi connectivity index (χ2v) is 12.4. The third kappa shape index (κ3) is 5.76. The van der Waals surface area contributed by atoms with Gasteiger partial charge in [0.05, 0.1) is 17.9 Å². The minimum absolute atomic E-state index is 0.00560. The molecule has 210 valence electrons. The summed E-state index contributed by atoms with van der Waals surface area (Å²) in [7, 11) is -0.932. The molecule has 2 heterocycles. The number of hydrogen-bond donors (Lipinski definition) is 2. The van der Waals surface area contributed by atoms with E-state index in [1.165, 1.54) is 23.1 Å². The van der Waals surface area contributed by atoms with Gasteiger partial charge in [0.2, 0.25) is 11.8 Å². The Morgan fingerprint density at radius 2 is 1.79 bits per heavy atom. The molecule has 4 aliphatic rings. The Hall–Kier alpha value is -2.38. The standard InChI is InChI=1S/C32H44BNO5/c1-4-8-21(17-22-11-14-24(35)15-12-22)13-16-28-29-25(20(2)3)18-26-30(27(29)19-33(38)39-28)32(37)34(31(26)36)23-9-6-5-7-10-23/h11-12,14-15,17,20,23,26-28,30,35,38H,4-10,13,16,18-19H2,1-3H3/b21-17+/t26-,27+,28-,30-/m1/s1. The van der Waals surface area contributed by atoms with Crippen LogP contribution in [0.1, 0.15) is 90.5 Å². The number of fused-ring (bicyclic) bond motifs is 3. The van der Waals surface area contributed by atoms with Crippen LogP contribution in [0.5, 0.6) is 5.75 Å². The van der Waals surface area contributed by atoms with Crippen LogP contribution >= 0.6 is 0 Å². The number of carbonyl (C=O) groups is 2. The van der Waals surface area contributed by atoms with Crippen LogP contribution in [0.4, 0.5) is 0 Å². The highest BCUT2D eigenvalue weighted by atomic mass is 16.5. The first kappa shape index (κ1) is 28.2. The number of nitrogens with zero attached hydrogens (tertiary/aromatic N) is 1. The second-order valence-electron chi connectivity index (χ2n) is 12.4. The van der Waals surface area contributed by atoms with Crippen LogP contribution in [-0.2, 0) is 14.2 Å². The van der Waals surface area contributed by atoms with Crippen molar-refractivity contribution in [2.24, 2.45) is 23.7 Å². The number of carbonyl (C=O) groups excluding carboxylic acids is 2. The van der Waals surface area contributed by atoms with Crippen LogP contribution in [0.2, 0.25) is 6.32 Å². The van der Waals surface area contributed by atoms with Gasteiger partial charge in [-0.3, -0.25) is 14.5 Å². The molecule has 1 aromatic carbocycles. The minimum Gasteiger partial charge on any atom is -0.508 e. The van der Waals surface area contributed by atoms with E-state index >= 15 is 0 Å². The first-order chi connectivity index (χ1) is 18.8. The molecule has 2 amide bonds. The van der Waals surface area contributed by atoms with Gasteiger partial charge >= 0.3 is 7.12 Å². The first-order valence-corrected chi connectivity index (χ1v) is 15.2. The lowest BCUT2D eigenvalue weighted by Crippen LogP contribution is -2.47. The van der Waals surface area contributed by atoms with Crippen molar-refractivity contribution < 1.29 is 24.4 Å². The number of amides is 2. The first-order valence-electron chi connectivity index (χ1n) is 15.2. The van der Waals surface area contributed by atoms with E-state index in [1.807, 2.05) is 12.1 Å². The molecule has 7 heteroatoms. The van der Waals surface area contributed by atoms with Gasteiger partial charge in [0.1, 0.15) is 5.75 Å². The van der Waals surface area contributed by atoms with Gasteiger partial charge in [-0.1, -0.05) is 75.8 Å². The zero-order valence-corrected chi connectivity index (χ0v) is 23.8. The van der Waals surface area contributed by atoms with E-state index in [2.05, 4.69) is 26.8 Å². The number of likely N-dealkylation sites (tertiary alicyclic amines) is 1. The van der Waals surface area contributed by atoms with Gasteiger partial charge in [0, 0.05) is 6.04 Å². The normalized spacial score (nSPS) is 28.4. The van der Waals surface area contributed by atoms with Crippen LogP contribution in [0.3, 0.4) is 0 Å². The Kier molecular flexibility index (Phi) is 8.68. The third-order valence-corrected chi connectivity index (χ3v) is 9.48. The van der Waals surface area contributed by atoms with Gasteiger partial charge < -0.3 is 14.8 Å². The van der Waals surface area contributed by atoms with E-state index in [0.29, 0.717) is 12.7 Å². The SMILES string of the molecule is CCC/C(=C\c1ccc(O)cc1)CC[C@H]1OB(O)C[C@H]2C1=C(C(C)C)C[C@H]1C(=O)N(C3CCCCC3)C(=O)[C@H]12. The van der Waals surface area contributed by atoms with Crippen LogP contribution in [-0.4, -0.2) is 46.1 Å². The van der Waals surface area contributed by atoms with Gasteiger partial charge in [0.15, 0.2) is 0 Å². The maximum atomic E-state index is 13.9. The highest BCUT2D eigenvalue weighted by Gasteiger charge is 2.58. The monoisotopic (exact) mass is 533 g/mol. The molecule has 0 aromatic heterocycles. The van der Waals surface area contributed by atoms with Crippen molar-refractivity contribution in [3.05, 3.63) is 46.5 Å². The van der Waals surface area contributed by atoms with Crippen LogP contribution in [0, 0.1) is 23.7 Å². The summed E-state index contributed by atoms with van der Waals surface area (Å²) in [5.41, 5.74) is 4.80. The average Bonchev–Trinajstić information content (AvgIpc) is 3.17. The Balaban J connectivity index is 1.42. The summed E-state index contributed by atoms with van der Waals surface area (Å²) >= 11 is 0. The van der Waals surface area contributed by atoms with Gasteiger partial charge in [-0.2, -0.15) is 0 Å². The van der Waals surface area contributed by atoms with E-state index in [9.17, 15) is 19.7 Å². The van der Waals surface area contributed by atoms with Crippen LogP contribution in [0.15, 0.2) is 41.0 Å². The van der Waals surface area contributed by atoms with E-state index < -0.39 is 7.12 Å². The van der Waals surface area contributed by atoms with Crippen molar-refractivity contribution in [1.29, 1.82) is 0 Å². The van der Waals surface area contributed by atoms with Crippen molar-refractivity contribution in [2.75, 3.05) is 0 Å². The average molecular weight is 534 g/mol. The maximum Gasteiger partial charge on any atom is 0.455 e. The van der Waals surface area contributed by atoms with Gasteiger partial charge in [-0.05, 0) is 80.0 Å².